The molecule has 5 rings (SSSR count). The first-order chi connectivity index (χ1) is 11.4. The van der Waals surface area contributed by atoms with Crippen LogP contribution in [0, 0.1) is 30.1 Å². The van der Waals surface area contributed by atoms with Crippen LogP contribution in [0.3, 0.4) is 0 Å². The minimum atomic E-state index is -0.103. The molecule has 1 heterocycles. The van der Waals surface area contributed by atoms with Crippen LogP contribution < -0.4 is 0 Å². The molecular formula is C21H30N2O. The quantitative estimate of drug-likeness (QED) is 0.707. The Kier molecular flexibility index (Phi) is 3.01. The van der Waals surface area contributed by atoms with Gasteiger partial charge in [0.25, 0.3) is 0 Å². The Hall–Kier alpha value is -1.09. The van der Waals surface area contributed by atoms with Gasteiger partial charge in [-0.15, -0.1) is 0 Å². The Bertz CT molecular complexity index is 719. The summed E-state index contributed by atoms with van der Waals surface area (Å²) in [6, 6.07) is 0. The average molecular weight is 326 g/mol. The third kappa shape index (κ3) is 1.75. The van der Waals surface area contributed by atoms with Gasteiger partial charge in [-0.05, 0) is 80.5 Å². The zero-order valence-corrected chi connectivity index (χ0v) is 15.2. The van der Waals surface area contributed by atoms with Crippen molar-refractivity contribution in [2.75, 3.05) is 0 Å². The molecule has 0 radical (unpaired) electrons. The van der Waals surface area contributed by atoms with Gasteiger partial charge in [0.2, 0.25) is 0 Å². The first kappa shape index (κ1) is 15.2. The first-order valence-electron chi connectivity index (χ1n) is 9.85. The van der Waals surface area contributed by atoms with E-state index in [9.17, 15) is 5.11 Å². The summed E-state index contributed by atoms with van der Waals surface area (Å²) in [5, 5.41) is 18.0. The van der Waals surface area contributed by atoms with Crippen LogP contribution in [0.5, 0.6) is 0 Å². The van der Waals surface area contributed by atoms with Crippen molar-refractivity contribution in [1.29, 1.82) is 0 Å². The lowest BCUT2D eigenvalue weighted by molar-refractivity contribution is -0.0166. The monoisotopic (exact) mass is 326 g/mol. The summed E-state index contributed by atoms with van der Waals surface area (Å²) >= 11 is 0. The number of allylic oxidation sites excluding steroid dienone is 1. The fraction of sp³-hybridized carbons (Fsp3) is 0.762. The van der Waals surface area contributed by atoms with E-state index in [2.05, 4.69) is 37.0 Å². The number of aromatic nitrogens is 2. The number of aromatic amines is 1. The first-order valence-corrected chi connectivity index (χ1v) is 9.85. The van der Waals surface area contributed by atoms with Crippen LogP contribution in [-0.2, 0) is 11.8 Å². The lowest BCUT2D eigenvalue weighted by atomic mass is 9.47. The van der Waals surface area contributed by atoms with Crippen molar-refractivity contribution >= 4 is 0 Å². The van der Waals surface area contributed by atoms with Gasteiger partial charge in [0, 0.05) is 11.3 Å². The van der Waals surface area contributed by atoms with Crippen LogP contribution in [-0.4, -0.2) is 21.4 Å². The second-order valence-electron chi connectivity index (χ2n) is 9.49. The van der Waals surface area contributed by atoms with Crippen molar-refractivity contribution in [1.82, 2.24) is 10.2 Å². The number of hydrogen-bond donors (Lipinski definition) is 2. The van der Waals surface area contributed by atoms with Gasteiger partial charge in [-0.2, -0.15) is 5.10 Å². The molecule has 2 fully saturated rings. The van der Waals surface area contributed by atoms with Crippen molar-refractivity contribution in [2.24, 2.45) is 23.2 Å². The van der Waals surface area contributed by atoms with Crippen LogP contribution in [0.4, 0.5) is 0 Å². The molecule has 0 bridgehead atoms. The van der Waals surface area contributed by atoms with E-state index in [1.807, 2.05) is 0 Å². The highest BCUT2D eigenvalue weighted by Gasteiger charge is 2.58. The van der Waals surface area contributed by atoms with E-state index in [-0.39, 0.29) is 6.10 Å². The minimum Gasteiger partial charge on any atom is -0.393 e. The standard InChI is InChI=1S/C21H30N2O/c1-12-19-18(23-22-12)11-17-15-5-4-13-10-14(24)6-8-20(13,2)16(15)7-9-21(17,19)3/h4,14-17,24H,5-11H2,1-3H3,(H,22,23)/t14-,15+,16+,17-,20+,21+/m1/s1. The summed E-state index contributed by atoms with van der Waals surface area (Å²) in [4.78, 5) is 0. The molecule has 3 nitrogen and oxygen atoms in total. The van der Waals surface area contributed by atoms with Crippen LogP contribution in [0.2, 0.25) is 0 Å². The van der Waals surface area contributed by atoms with Gasteiger partial charge < -0.3 is 5.11 Å². The summed E-state index contributed by atoms with van der Waals surface area (Å²) in [5.41, 5.74) is 6.42. The molecule has 1 aromatic rings. The number of aliphatic hydroxyl groups excluding tert-OH is 1. The SMILES string of the molecule is Cc1[nH]nc2c1[C@@]1(C)CC[C@H]3[C@H](CC=C4C[C@H](O)CC[C@@]43C)[C@H]1C2. The Labute approximate surface area is 144 Å². The molecular weight excluding hydrogens is 296 g/mol. The summed E-state index contributed by atoms with van der Waals surface area (Å²) in [6.07, 6.45) is 10.5. The van der Waals surface area contributed by atoms with Crippen molar-refractivity contribution < 1.29 is 5.11 Å². The number of hydrogen-bond acceptors (Lipinski definition) is 2. The summed E-state index contributed by atoms with van der Waals surface area (Å²) in [7, 11) is 0. The molecule has 4 aliphatic carbocycles. The van der Waals surface area contributed by atoms with Crippen LogP contribution in [0.25, 0.3) is 0 Å². The van der Waals surface area contributed by atoms with Crippen LogP contribution in [0.15, 0.2) is 11.6 Å². The third-order valence-corrected chi connectivity index (χ3v) is 8.47. The lowest BCUT2D eigenvalue weighted by Crippen LogP contribution is -2.51. The number of H-pyrrole nitrogens is 1. The Balaban J connectivity index is 1.54. The van der Waals surface area contributed by atoms with Gasteiger partial charge in [0.15, 0.2) is 0 Å². The van der Waals surface area contributed by atoms with E-state index in [0.29, 0.717) is 10.8 Å². The maximum atomic E-state index is 10.1. The molecule has 0 amide bonds. The highest BCUT2D eigenvalue weighted by Crippen LogP contribution is 2.64. The average Bonchev–Trinajstić information content (AvgIpc) is 3.06. The fourth-order valence-corrected chi connectivity index (χ4v) is 7.24. The lowest BCUT2D eigenvalue weighted by Gasteiger charge is -2.57. The van der Waals surface area contributed by atoms with Crippen LogP contribution >= 0.6 is 0 Å². The molecule has 0 unspecified atom stereocenters. The van der Waals surface area contributed by atoms with Gasteiger partial charge in [-0.25, -0.2) is 0 Å². The fourth-order valence-electron chi connectivity index (χ4n) is 7.24. The molecule has 0 aliphatic heterocycles. The zero-order chi connectivity index (χ0) is 16.7. The Morgan fingerprint density at radius 1 is 1.12 bits per heavy atom. The molecule has 2 N–H and O–H groups in total. The number of aliphatic hydroxyl groups is 1. The van der Waals surface area contributed by atoms with Gasteiger partial charge in [0.05, 0.1) is 11.8 Å². The third-order valence-electron chi connectivity index (χ3n) is 8.47. The normalized spacial score (nSPS) is 46.6. The smallest absolute Gasteiger partial charge is 0.0665 e. The molecule has 1 aromatic heterocycles. The summed E-state index contributed by atoms with van der Waals surface area (Å²) in [5.74, 6) is 2.35. The molecule has 130 valence electrons. The molecule has 0 aromatic carbocycles. The molecule has 3 heteroatoms. The number of rotatable bonds is 0. The molecule has 0 saturated heterocycles. The molecule has 0 spiro atoms. The van der Waals surface area contributed by atoms with Crippen molar-refractivity contribution in [3.8, 4) is 0 Å². The van der Waals surface area contributed by atoms with Gasteiger partial charge in [0.1, 0.15) is 0 Å². The van der Waals surface area contributed by atoms with E-state index in [1.165, 1.54) is 43.5 Å². The van der Waals surface area contributed by atoms with E-state index < -0.39 is 0 Å². The zero-order valence-electron chi connectivity index (χ0n) is 15.2. The predicted molar refractivity (Wildman–Crippen MR) is 94.7 cm³/mol. The summed E-state index contributed by atoms with van der Waals surface area (Å²) < 4.78 is 0. The van der Waals surface area contributed by atoms with E-state index in [1.54, 1.807) is 11.1 Å². The second-order valence-corrected chi connectivity index (χ2v) is 9.49. The largest absolute Gasteiger partial charge is 0.393 e. The maximum absolute atomic E-state index is 10.1. The predicted octanol–water partition coefficient (Wildman–Crippen LogP) is 4.06. The van der Waals surface area contributed by atoms with Gasteiger partial charge >= 0.3 is 0 Å². The van der Waals surface area contributed by atoms with Crippen molar-refractivity contribution in [3.05, 3.63) is 28.6 Å². The number of aryl methyl sites for hydroxylation is 1. The molecule has 2 saturated carbocycles. The maximum Gasteiger partial charge on any atom is 0.0665 e. The second kappa shape index (κ2) is 4.75. The van der Waals surface area contributed by atoms with Crippen molar-refractivity contribution in [3.63, 3.8) is 0 Å². The number of fused-ring (bicyclic) bond motifs is 7. The Morgan fingerprint density at radius 2 is 1.92 bits per heavy atom. The van der Waals surface area contributed by atoms with E-state index in [4.69, 9.17) is 0 Å². The molecule has 6 atom stereocenters. The number of nitrogens with one attached hydrogen (secondary N) is 1. The highest BCUT2D eigenvalue weighted by molar-refractivity contribution is 5.41. The van der Waals surface area contributed by atoms with E-state index >= 15 is 0 Å². The van der Waals surface area contributed by atoms with E-state index in [0.717, 1.165) is 30.6 Å². The van der Waals surface area contributed by atoms with Crippen molar-refractivity contribution in [2.45, 2.75) is 77.2 Å². The summed E-state index contributed by atoms with van der Waals surface area (Å²) in [6.45, 7) is 7.21. The van der Waals surface area contributed by atoms with Crippen LogP contribution in [0.1, 0.15) is 69.3 Å². The molecule has 4 aliphatic rings. The highest BCUT2D eigenvalue weighted by atomic mass is 16.3. The Morgan fingerprint density at radius 3 is 2.75 bits per heavy atom. The minimum absolute atomic E-state index is 0.103. The molecule has 24 heavy (non-hydrogen) atoms. The topological polar surface area (TPSA) is 48.9 Å². The van der Waals surface area contributed by atoms with Gasteiger partial charge in [-0.1, -0.05) is 25.5 Å². The number of nitrogens with zero attached hydrogens (tertiary/aromatic N) is 1. The van der Waals surface area contributed by atoms with Gasteiger partial charge in [-0.3, -0.25) is 5.10 Å².